The predicted molar refractivity (Wildman–Crippen MR) is 108 cm³/mol. The largest absolute Gasteiger partial charge is 0.381 e. The fraction of sp³-hybridized carbons (Fsp3) is 0.941. The number of halogens is 1. The van der Waals surface area contributed by atoms with E-state index in [9.17, 15) is 0 Å². The first-order valence-corrected chi connectivity index (χ1v) is 8.96. The van der Waals surface area contributed by atoms with Gasteiger partial charge in [-0.05, 0) is 31.6 Å². The summed E-state index contributed by atoms with van der Waals surface area (Å²) in [4.78, 5) is 4.24. The van der Waals surface area contributed by atoms with Crippen LogP contribution in [-0.4, -0.2) is 52.5 Å². The molecule has 23 heavy (non-hydrogen) atoms. The topological polar surface area (TPSA) is 54.9 Å². The lowest BCUT2D eigenvalue weighted by Gasteiger charge is -2.21. The molecule has 1 rings (SSSR count). The average Bonchev–Trinajstić information content (AvgIpc) is 2.56. The maximum atomic E-state index is 5.76. The molecule has 2 N–H and O–H groups in total. The van der Waals surface area contributed by atoms with Gasteiger partial charge in [-0.25, -0.2) is 0 Å². The highest BCUT2D eigenvalue weighted by molar-refractivity contribution is 14.0. The van der Waals surface area contributed by atoms with Gasteiger partial charge in [0.1, 0.15) is 0 Å². The molecule has 1 aliphatic rings. The van der Waals surface area contributed by atoms with Crippen LogP contribution in [0.2, 0.25) is 0 Å². The molecular weight excluding hydrogens is 405 g/mol. The SMILES string of the molecule is CCCCCCNC(=NC)NCCCOCC1CCOCC1.I. The van der Waals surface area contributed by atoms with Crippen LogP contribution in [0.3, 0.4) is 0 Å². The minimum atomic E-state index is 0. The molecule has 138 valence electrons. The van der Waals surface area contributed by atoms with Crippen LogP contribution in [0, 0.1) is 5.92 Å². The van der Waals surface area contributed by atoms with Crippen molar-refractivity contribution in [1.29, 1.82) is 0 Å². The summed E-state index contributed by atoms with van der Waals surface area (Å²) in [5.74, 6) is 1.60. The Labute approximate surface area is 159 Å². The van der Waals surface area contributed by atoms with E-state index in [1.807, 2.05) is 7.05 Å². The van der Waals surface area contributed by atoms with E-state index in [2.05, 4.69) is 22.5 Å². The van der Waals surface area contributed by atoms with E-state index >= 15 is 0 Å². The standard InChI is InChI=1S/C17H35N3O2.HI/c1-3-4-5-6-10-19-17(18-2)20-11-7-12-22-15-16-8-13-21-14-9-16;/h16H,3-15H2,1-2H3,(H2,18,19,20);1H. The lowest BCUT2D eigenvalue weighted by atomic mass is 10.0. The van der Waals surface area contributed by atoms with Crippen LogP contribution < -0.4 is 10.6 Å². The molecule has 1 heterocycles. The zero-order valence-corrected chi connectivity index (χ0v) is 17.3. The molecule has 1 saturated heterocycles. The quantitative estimate of drug-likeness (QED) is 0.224. The van der Waals surface area contributed by atoms with Crippen LogP contribution in [0.4, 0.5) is 0 Å². The third-order valence-electron chi connectivity index (χ3n) is 4.00. The van der Waals surface area contributed by atoms with Crippen molar-refractivity contribution in [2.24, 2.45) is 10.9 Å². The second-order valence-corrected chi connectivity index (χ2v) is 5.97. The Bertz CT molecular complexity index is 285. The lowest BCUT2D eigenvalue weighted by Crippen LogP contribution is -2.38. The number of rotatable bonds is 11. The van der Waals surface area contributed by atoms with Crippen molar-refractivity contribution in [3.8, 4) is 0 Å². The zero-order valence-electron chi connectivity index (χ0n) is 14.9. The maximum absolute atomic E-state index is 5.76. The highest BCUT2D eigenvalue weighted by Gasteiger charge is 2.13. The minimum absolute atomic E-state index is 0. The molecule has 0 unspecified atom stereocenters. The van der Waals surface area contributed by atoms with Gasteiger partial charge >= 0.3 is 0 Å². The van der Waals surface area contributed by atoms with E-state index in [1.54, 1.807) is 0 Å². The summed E-state index contributed by atoms with van der Waals surface area (Å²) < 4.78 is 11.1. The molecule has 1 fully saturated rings. The number of ether oxygens (including phenoxy) is 2. The summed E-state index contributed by atoms with van der Waals surface area (Å²) in [6.07, 6.45) is 8.40. The van der Waals surface area contributed by atoms with Crippen molar-refractivity contribution >= 4 is 29.9 Å². The van der Waals surface area contributed by atoms with Crippen molar-refractivity contribution in [3.63, 3.8) is 0 Å². The summed E-state index contributed by atoms with van der Waals surface area (Å²) in [6, 6.07) is 0. The number of aliphatic imine (C=N–C) groups is 1. The average molecular weight is 441 g/mol. The van der Waals surface area contributed by atoms with E-state index in [0.29, 0.717) is 5.92 Å². The highest BCUT2D eigenvalue weighted by atomic mass is 127. The van der Waals surface area contributed by atoms with Crippen LogP contribution in [-0.2, 0) is 9.47 Å². The van der Waals surface area contributed by atoms with E-state index in [0.717, 1.165) is 64.7 Å². The van der Waals surface area contributed by atoms with Crippen LogP contribution in [0.5, 0.6) is 0 Å². The van der Waals surface area contributed by atoms with Gasteiger partial charge in [0.2, 0.25) is 0 Å². The molecule has 0 radical (unpaired) electrons. The van der Waals surface area contributed by atoms with E-state index in [1.165, 1.54) is 25.7 Å². The molecule has 0 aliphatic carbocycles. The number of nitrogens with zero attached hydrogens (tertiary/aromatic N) is 1. The lowest BCUT2D eigenvalue weighted by molar-refractivity contribution is 0.0203. The second-order valence-electron chi connectivity index (χ2n) is 5.97. The molecular formula is C17H36IN3O2. The van der Waals surface area contributed by atoms with Crippen molar-refractivity contribution in [2.75, 3.05) is 46.6 Å². The fourth-order valence-electron chi connectivity index (χ4n) is 2.52. The summed E-state index contributed by atoms with van der Waals surface area (Å²) in [5.41, 5.74) is 0. The van der Waals surface area contributed by atoms with Crippen molar-refractivity contribution < 1.29 is 9.47 Å². The Morgan fingerprint density at radius 1 is 1.09 bits per heavy atom. The molecule has 5 nitrogen and oxygen atoms in total. The minimum Gasteiger partial charge on any atom is -0.381 e. The Morgan fingerprint density at radius 3 is 2.43 bits per heavy atom. The normalized spacial score (nSPS) is 16.0. The molecule has 0 bridgehead atoms. The van der Waals surface area contributed by atoms with Gasteiger partial charge in [-0.2, -0.15) is 0 Å². The van der Waals surface area contributed by atoms with Crippen LogP contribution in [0.25, 0.3) is 0 Å². The molecule has 1 aliphatic heterocycles. The van der Waals surface area contributed by atoms with Gasteiger partial charge in [-0.3, -0.25) is 4.99 Å². The third-order valence-corrected chi connectivity index (χ3v) is 4.00. The summed E-state index contributed by atoms with van der Waals surface area (Å²) in [7, 11) is 1.82. The molecule has 0 aromatic carbocycles. The smallest absolute Gasteiger partial charge is 0.190 e. The highest BCUT2D eigenvalue weighted by Crippen LogP contribution is 2.14. The third kappa shape index (κ3) is 12.9. The zero-order chi connectivity index (χ0) is 15.9. The van der Waals surface area contributed by atoms with Gasteiger partial charge in [0.05, 0.1) is 0 Å². The molecule has 0 spiro atoms. The first-order valence-electron chi connectivity index (χ1n) is 8.96. The van der Waals surface area contributed by atoms with Crippen molar-refractivity contribution in [1.82, 2.24) is 10.6 Å². The number of hydrogen-bond donors (Lipinski definition) is 2. The Balaban J connectivity index is 0.00000484. The van der Waals surface area contributed by atoms with Gasteiger partial charge in [0, 0.05) is 46.6 Å². The number of unbranched alkanes of at least 4 members (excludes halogenated alkanes) is 3. The molecule has 0 aromatic heterocycles. The second kappa shape index (κ2) is 16.8. The van der Waals surface area contributed by atoms with Gasteiger partial charge in [-0.1, -0.05) is 26.2 Å². The summed E-state index contributed by atoms with van der Waals surface area (Å²) in [6.45, 7) is 7.64. The molecule has 0 amide bonds. The van der Waals surface area contributed by atoms with Crippen LogP contribution in [0.15, 0.2) is 4.99 Å². The summed E-state index contributed by atoms with van der Waals surface area (Å²) >= 11 is 0. The first kappa shape index (κ1) is 22.9. The fourth-order valence-corrected chi connectivity index (χ4v) is 2.52. The van der Waals surface area contributed by atoms with Gasteiger partial charge in [-0.15, -0.1) is 24.0 Å². The molecule has 0 aromatic rings. The van der Waals surface area contributed by atoms with Gasteiger partial charge in [0.15, 0.2) is 5.96 Å². The Hall–Kier alpha value is -0.0800. The van der Waals surface area contributed by atoms with Crippen LogP contribution >= 0.6 is 24.0 Å². The number of nitrogens with one attached hydrogen (secondary N) is 2. The maximum Gasteiger partial charge on any atom is 0.190 e. The Morgan fingerprint density at radius 2 is 1.78 bits per heavy atom. The number of guanidine groups is 1. The van der Waals surface area contributed by atoms with Crippen molar-refractivity contribution in [3.05, 3.63) is 0 Å². The van der Waals surface area contributed by atoms with E-state index in [4.69, 9.17) is 9.47 Å². The van der Waals surface area contributed by atoms with E-state index < -0.39 is 0 Å². The monoisotopic (exact) mass is 441 g/mol. The molecule has 6 heteroatoms. The molecule has 0 saturated carbocycles. The Kier molecular flexibility index (Phi) is 16.7. The first-order chi connectivity index (χ1) is 10.9. The van der Waals surface area contributed by atoms with Crippen LogP contribution in [0.1, 0.15) is 51.9 Å². The van der Waals surface area contributed by atoms with E-state index in [-0.39, 0.29) is 24.0 Å². The predicted octanol–water partition coefficient (Wildman–Crippen LogP) is 3.18. The summed E-state index contributed by atoms with van der Waals surface area (Å²) in [5, 5.41) is 6.69. The van der Waals surface area contributed by atoms with Crippen molar-refractivity contribution in [2.45, 2.75) is 51.9 Å². The van der Waals surface area contributed by atoms with Gasteiger partial charge < -0.3 is 20.1 Å². The van der Waals surface area contributed by atoms with Gasteiger partial charge in [0.25, 0.3) is 0 Å². The molecule has 0 atom stereocenters. The number of hydrogen-bond acceptors (Lipinski definition) is 3.